The van der Waals surface area contributed by atoms with Crippen LogP contribution >= 0.6 is 11.3 Å². The summed E-state index contributed by atoms with van der Waals surface area (Å²) in [4.78, 5) is 0.392. The van der Waals surface area contributed by atoms with Gasteiger partial charge in [0.25, 0.3) is 0 Å². The van der Waals surface area contributed by atoms with Gasteiger partial charge in [0.15, 0.2) is 0 Å². The van der Waals surface area contributed by atoms with Gasteiger partial charge in [0.1, 0.15) is 15.2 Å². The van der Waals surface area contributed by atoms with Gasteiger partial charge in [-0.15, -0.1) is 11.3 Å². The van der Waals surface area contributed by atoms with Gasteiger partial charge in [0.05, 0.1) is 0 Å². The van der Waals surface area contributed by atoms with Gasteiger partial charge in [0, 0.05) is 19.8 Å². The van der Waals surface area contributed by atoms with Crippen molar-refractivity contribution in [3.8, 4) is 6.07 Å². The van der Waals surface area contributed by atoms with Gasteiger partial charge in [-0.25, -0.2) is 13.1 Å². The monoisotopic (exact) mass is 302 g/mol. The van der Waals surface area contributed by atoms with Gasteiger partial charge < -0.3 is 4.74 Å². The molecule has 1 aromatic rings. The second-order valence-corrected chi connectivity index (χ2v) is 7.03. The average molecular weight is 302 g/mol. The molecule has 0 saturated carbocycles. The standard InChI is InChI=1S/C12H18N2O3S2/c1-2-3-8-17-9-4-7-14-19(15,16)12-6-5-11(10-13)18-12/h5-6,14H,2-4,7-9H2,1H3. The summed E-state index contributed by atoms with van der Waals surface area (Å²) in [6, 6.07) is 4.88. The number of rotatable bonds is 9. The molecule has 1 aromatic heterocycles. The molecule has 0 atom stereocenters. The van der Waals surface area contributed by atoms with Gasteiger partial charge in [-0.3, -0.25) is 0 Å². The zero-order valence-corrected chi connectivity index (χ0v) is 12.5. The highest BCUT2D eigenvalue weighted by Gasteiger charge is 2.15. The first-order valence-electron chi connectivity index (χ1n) is 6.17. The molecule has 0 unspecified atom stereocenters. The minimum absolute atomic E-state index is 0.177. The van der Waals surface area contributed by atoms with Gasteiger partial charge in [-0.2, -0.15) is 5.26 Å². The Hall–Kier alpha value is -0.940. The number of unbranched alkanes of at least 4 members (excludes halogenated alkanes) is 1. The van der Waals surface area contributed by atoms with E-state index in [2.05, 4.69) is 11.6 Å². The van der Waals surface area contributed by atoms with Crippen LogP contribution in [0.25, 0.3) is 0 Å². The summed E-state index contributed by atoms with van der Waals surface area (Å²) in [5, 5.41) is 8.66. The number of hydrogen-bond donors (Lipinski definition) is 1. The molecule has 0 aliphatic rings. The smallest absolute Gasteiger partial charge is 0.250 e. The predicted octanol–water partition coefficient (Wildman–Crippen LogP) is 2.10. The number of nitrogens with one attached hydrogen (secondary N) is 1. The lowest BCUT2D eigenvalue weighted by Gasteiger charge is -2.05. The molecule has 0 amide bonds. The third-order valence-electron chi connectivity index (χ3n) is 2.36. The third kappa shape index (κ3) is 5.70. The molecule has 19 heavy (non-hydrogen) atoms. The molecule has 0 aliphatic heterocycles. The predicted molar refractivity (Wildman–Crippen MR) is 74.6 cm³/mol. The largest absolute Gasteiger partial charge is 0.381 e. The van der Waals surface area contributed by atoms with Crippen LogP contribution in [-0.2, 0) is 14.8 Å². The van der Waals surface area contributed by atoms with Crippen LogP contribution in [0.3, 0.4) is 0 Å². The molecular weight excluding hydrogens is 284 g/mol. The van der Waals surface area contributed by atoms with E-state index in [0.29, 0.717) is 24.4 Å². The first-order chi connectivity index (χ1) is 9.10. The molecule has 0 spiro atoms. The first-order valence-corrected chi connectivity index (χ1v) is 8.47. The van der Waals surface area contributed by atoms with E-state index in [9.17, 15) is 8.42 Å². The molecule has 0 aromatic carbocycles. The summed E-state index contributed by atoms with van der Waals surface area (Å²) in [6.45, 7) is 3.71. The first kappa shape index (κ1) is 16.1. The molecule has 1 heterocycles. The van der Waals surface area contributed by atoms with E-state index in [1.807, 2.05) is 6.07 Å². The van der Waals surface area contributed by atoms with E-state index in [-0.39, 0.29) is 4.21 Å². The van der Waals surface area contributed by atoms with Crippen LogP contribution in [-0.4, -0.2) is 28.2 Å². The summed E-state index contributed by atoms with van der Waals surface area (Å²) < 4.78 is 31.7. The zero-order chi connectivity index (χ0) is 14.1. The number of hydrogen-bond acceptors (Lipinski definition) is 5. The Labute approximate surface area is 118 Å². The molecule has 1 N–H and O–H groups in total. The highest BCUT2D eigenvalue weighted by Crippen LogP contribution is 2.20. The number of nitrogens with zero attached hydrogens (tertiary/aromatic N) is 1. The van der Waals surface area contributed by atoms with E-state index in [1.165, 1.54) is 12.1 Å². The minimum Gasteiger partial charge on any atom is -0.381 e. The highest BCUT2D eigenvalue weighted by atomic mass is 32.2. The van der Waals surface area contributed by atoms with Crippen molar-refractivity contribution in [3.63, 3.8) is 0 Å². The maximum atomic E-state index is 11.8. The van der Waals surface area contributed by atoms with E-state index in [4.69, 9.17) is 10.00 Å². The Morgan fingerprint density at radius 1 is 1.37 bits per heavy atom. The van der Waals surface area contributed by atoms with E-state index in [1.54, 1.807) is 0 Å². The van der Waals surface area contributed by atoms with E-state index < -0.39 is 10.0 Å². The zero-order valence-electron chi connectivity index (χ0n) is 10.9. The molecule has 7 heteroatoms. The van der Waals surface area contributed by atoms with Gasteiger partial charge >= 0.3 is 0 Å². The maximum absolute atomic E-state index is 11.8. The van der Waals surface area contributed by atoms with Gasteiger partial charge in [-0.1, -0.05) is 13.3 Å². The van der Waals surface area contributed by atoms with Crippen LogP contribution in [0.4, 0.5) is 0 Å². The van der Waals surface area contributed by atoms with Crippen LogP contribution in [0.5, 0.6) is 0 Å². The average Bonchev–Trinajstić information content (AvgIpc) is 2.87. The fourth-order valence-corrected chi connectivity index (χ4v) is 3.55. The Balaban J connectivity index is 2.30. The Bertz CT molecular complexity index is 517. The summed E-state index contributed by atoms with van der Waals surface area (Å²) in [5.41, 5.74) is 0. The normalized spacial score (nSPS) is 11.4. The number of nitriles is 1. The molecule has 5 nitrogen and oxygen atoms in total. The van der Waals surface area contributed by atoms with Gasteiger partial charge in [0.2, 0.25) is 10.0 Å². The quantitative estimate of drug-likeness (QED) is 0.708. The van der Waals surface area contributed by atoms with Crippen LogP contribution in [0.2, 0.25) is 0 Å². The fourth-order valence-electron chi connectivity index (χ4n) is 1.33. The number of ether oxygens (including phenoxy) is 1. The lowest BCUT2D eigenvalue weighted by Crippen LogP contribution is -2.24. The van der Waals surface area contributed by atoms with E-state index >= 15 is 0 Å². The SMILES string of the molecule is CCCCOCCCNS(=O)(=O)c1ccc(C#N)s1. The molecule has 0 fully saturated rings. The minimum atomic E-state index is -3.49. The van der Waals surface area contributed by atoms with Crippen molar-refractivity contribution in [2.45, 2.75) is 30.4 Å². The van der Waals surface area contributed by atoms with Crippen molar-refractivity contribution >= 4 is 21.4 Å². The van der Waals surface area contributed by atoms with Crippen LogP contribution in [0.1, 0.15) is 31.1 Å². The highest BCUT2D eigenvalue weighted by molar-refractivity contribution is 7.91. The summed E-state index contributed by atoms with van der Waals surface area (Å²) in [7, 11) is -3.49. The third-order valence-corrected chi connectivity index (χ3v) is 5.30. The lowest BCUT2D eigenvalue weighted by molar-refractivity contribution is 0.130. The van der Waals surface area contributed by atoms with Crippen molar-refractivity contribution < 1.29 is 13.2 Å². The van der Waals surface area contributed by atoms with Crippen LogP contribution in [0.15, 0.2) is 16.3 Å². The van der Waals surface area contributed by atoms with E-state index in [0.717, 1.165) is 30.8 Å². The lowest BCUT2D eigenvalue weighted by atomic mass is 10.4. The van der Waals surface area contributed by atoms with Crippen molar-refractivity contribution in [3.05, 3.63) is 17.0 Å². The Kier molecular flexibility index (Phi) is 7.02. The van der Waals surface area contributed by atoms with Crippen molar-refractivity contribution in [2.24, 2.45) is 0 Å². The van der Waals surface area contributed by atoms with Crippen molar-refractivity contribution in [2.75, 3.05) is 19.8 Å². The molecule has 1 rings (SSSR count). The number of thiophene rings is 1. The molecular formula is C12H18N2O3S2. The van der Waals surface area contributed by atoms with Crippen LogP contribution in [0, 0.1) is 11.3 Å². The second-order valence-electron chi connectivity index (χ2n) is 3.95. The Morgan fingerprint density at radius 3 is 2.74 bits per heavy atom. The molecule has 0 radical (unpaired) electrons. The summed E-state index contributed by atoms with van der Waals surface area (Å²) >= 11 is 0.972. The number of sulfonamides is 1. The molecule has 0 saturated heterocycles. The maximum Gasteiger partial charge on any atom is 0.250 e. The fraction of sp³-hybridized carbons (Fsp3) is 0.583. The van der Waals surface area contributed by atoms with Crippen molar-refractivity contribution in [1.29, 1.82) is 5.26 Å². The van der Waals surface area contributed by atoms with Crippen molar-refractivity contribution in [1.82, 2.24) is 4.72 Å². The summed E-state index contributed by atoms with van der Waals surface area (Å²) in [5.74, 6) is 0. The molecule has 0 bridgehead atoms. The van der Waals surface area contributed by atoms with Crippen LogP contribution < -0.4 is 4.72 Å². The molecule has 106 valence electrons. The topological polar surface area (TPSA) is 79.2 Å². The summed E-state index contributed by atoms with van der Waals surface area (Å²) in [6.07, 6.45) is 2.75. The van der Waals surface area contributed by atoms with Gasteiger partial charge in [-0.05, 0) is 25.0 Å². The molecule has 0 aliphatic carbocycles. The Morgan fingerprint density at radius 2 is 2.11 bits per heavy atom. The second kappa shape index (κ2) is 8.27.